The van der Waals surface area contributed by atoms with Crippen LogP contribution in [0.2, 0.25) is 0 Å². The van der Waals surface area contributed by atoms with Crippen molar-refractivity contribution in [2.75, 3.05) is 43.5 Å². The summed E-state index contributed by atoms with van der Waals surface area (Å²) in [6.45, 7) is -4.85. The number of likely N-dealkylation sites (tertiary alicyclic amines) is 1. The van der Waals surface area contributed by atoms with E-state index in [9.17, 15) is 57.4 Å². The van der Waals surface area contributed by atoms with E-state index in [1.165, 1.54) is 41.1 Å². The van der Waals surface area contributed by atoms with Gasteiger partial charge in [0.05, 0.1) is 25.6 Å². The number of rotatable bonds is 21. The Bertz CT molecular complexity index is 3470. The number of carbonyl (C=O) groups is 8. The lowest BCUT2D eigenvalue weighted by Crippen LogP contribution is -2.53. The van der Waals surface area contributed by atoms with E-state index in [1.807, 2.05) is 0 Å². The highest BCUT2D eigenvalue weighted by Gasteiger charge is 2.51. The molecule has 12 atom stereocenters. The molecule has 3 aromatic heterocycles. The SMILES string of the molecule is CC(C)[C@H](NC(=O)CCCCCN1C(=O)C=CC1=O)C(=O)N[C@@H](C)C(=O)Nc1ccc(COC(=O)NCC(=O)N2CCCC2C(=O)Nc2nc3c(ncn3[C@@H]3O[C@@H]4CO[P@@](=O)(S)O[C@H]5C[C@H](Oc6ccncn6)C[C@@H]5CO[P@@](=O)(S)O[C@@H]3[C@@H]4O)c(=O)[nH]2)cc1. The zero-order valence-corrected chi connectivity index (χ0v) is 51.8. The summed E-state index contributed by atoms with van der Waals surface area (Å²) >= 11 is 8.39. The number of ether oxygens (including phenoxy) is 3. The van der Waals surface area contributed by atoms with Crippen LogP contribution >= 0.6 is 38.1 Å². The molecule has 32 nitrogen and oxygen atoms in total. The van der Waals surface area contributed by atoms with Crippen molar-refractivity contribution in [1.82, 2.24) is 55.2 Å². The van der Waals surface area contributed by atoms with Gasteiger partial charge >= 0.3 is 19.7 Å². The van der Waals surface area contributed by atoms with Gasteiger partial charge in [0.2, 0.25) is 41.4 Å². The number of imidazole rings is 1. The van der Waals surface area contributed by atoms with Crippen molar-refractivity contribution in [2.45, 2.75) is 134 Å². The van der Waals surface area contributed by atoms with Crippen LogP contribution in [0.25, 0.3) is 11.2 Å². The van der Waals surface area contributed by atoms with E-state index in [0.29, 0.717) is 36.9 Å². The smallest absolute Gasteiger partial charge is 0.407 e. The van der Waals surface area contributed by atoms with E-state index in [2.05, 4.69) is 76.0 Å². The first-order valence-electron chi connectivity index (χ1n) is 28.5. The molecule has 1 aliphatic carbocycles. The van der Waals surface area contributed by atoms with Gasteiger partial charge in [-0.2, -0.15) is 4.98 Å². The van der Waals surface area contributed by atoms with Crippen molar-refractivity contribution >= 4 is 108 Å². The van der Waals surface area contributed by atoms with Crippen LogP contribution in [0.15, 0.2) is 66.1 Å². The molecule has 2 bridgehead atoms. The number of imide groups is 1. The van der Waals surface area contributed by atoms with Crippen LogP contribution in [-0.2, 0) is 76.9 Å². The number of aromatic nitrogens is 6. The Kier molecular flexibility index (Phi) is 21.8. The number of amides is 8. The number of anilines is 2. The van der Waals surface area contributed by atoms with Crippen molar-refractivity contribution in [2.24, 2.45) is 11.8 Å². The minimum atomic E-state index is -4.38. The fraction of sp³-hybridized carbons (Fsp3) is 0.528. The van der Waals surface area contributed by atoms with Crippen LogP contribution in [0.3, 0.4) is 0 Å². The number of aliphatic hydroxyl groups excluding tert-OH is 1. The number of hydrogen-bond donors (Lipinski definition) is 9. The molecule has 4 aliphatic heterocycles. The molecule has 89 heavy (non-hydrogen) atoms. The monoisotopic (exact) mass is 1320 g/mol. The van der Waals surface area contributed by atoms with Gasteiger partial charge in [0.25, 0.3) is 17.4 Å². The predicted molar refractivity (Wildman–Crippen MR) is 317 cm³/mol. The highest BCUT2D eigenvalue weighted by Crippen LogP contribution is 2.60. The van der Waals surface area contributed by atoms with Gasteiger partial charge < -0.3 is 50.0 Å². The molecule has 7 N–H and O–H groups in total. The maximum Gasteiger partial charge on any atom is 0.407 e. The largest absolute Gasteiger partial charge is 0.474 e. The van der Waals surface area contributed by atoms with Gasteiger partial charge in [0, 0.05) is 62.0 Å². The summed E-state index contributed by atoms with van der Waals surface area (Å²) in [5.41, 5.74) is -0.394. The van der Waals surface area contributed by atoms with E-state index < -0.39 is 123 Å². The molecule has 1 aromatic carbocycles. The van der Waals surface area contributed by atoms with Gasteiger partial charge in [-0.15, -0.1) is 0 Å². The molecule has 9 rings (SSSR count). The Morgan fingerprint density at radius 3 is 2.35 bits per heavy atom. The van der Waals surface area contributed by atoms with Crippen molar-refractivity contribution in [3.63, 3.8) is 0 Å². The van der Waals surface area contributed by atoms with E-state index in [0.717, 1.165) is 11.2 Å². The number of aliphatic hydroxyl groups is 1. The third-order valence-corrected chi connectivity index (χ3v) is 18.4. The number of H-pyrrole nitrogens is 1. The normalized spacial score (nSPS) is 26.8. The fourth-order valence-electron chi connectivity index (χ4n) is 10.5. The summed E-state index contributed by atoms with van der Waals surface area (Å²) in [6, 6.07) is 4.82. The number of nitrogens with one attached hydrogen (secondary N) is 6. The van der Waals surface area contributed by atoms with E-state index in [1.54, 1.807) is 44.2 Å². The third-order valence-electron chi connectivity index (χ3n) is 15.1. The molecule has 4 fully saturated rings. The summed E-state index contributed by atoms with van der Waals surface area (Å²) in [5, 5.41) is 24.5. The maximum absolute atomic E-state index is 13.9. The molecule has 7 heterocycles. The lowest BCUT2D eigenvalue weighted by atomic mass is 10.0. The van der Waals surface area contributed by atoms with Gasteiger partial charge in [-0.3, -0.25) is 71.7 Å². The Morgan fingerprint density at radius 1 is 0.876 bits per heavy atom. The molecule has 8 amide bonds. The molecule has 0 spiro atoms. The standard InChI is InChI=1S/C53H67N13O19P2S2/c1-28(2)42(60-37(67)9-5-4-6-18-65-39(68)14-15-40(65)69)49(74)58-29(3)47(72)59-32-12-10-30(11-13-32)23-79-53(76)55-22-41(70)64-19-7-8-34(64)48(73)62-52-61-46-43(50(75)63-52)57-27-66(46)51-45-44(71)36(83-51)25-81-86(77,88)84-35-21-33(82-38-16-17-54-26-56-38)20-31(35)24-80-87(78,89)85-45/h10-17,26-29,31,33-36,42,44-45,51,71H,4-9,18-25H2,1-3H3,(H,55,76)(H,58,74)(H,59,72)(H,60,67)(H,77,88)(H,78,89)(H2,61,62,63,73,75)/t29-,31+,33+,34?,35-,36+,42-,44+,45+,51+,86+,87+/m0/s1. The van der Waals surface area contributed by atoms with Crippen LogP contribution in [0.5, 0.6) is 5.88 Å². The van der Waals surface area contributed by atoms with Crippen molar-refractivity contribution in [3.05, 3.63) is 77.3 Å². The molecule has 4 aromatic rings. The molecular formula is C53H67N13O19P2S2. The molecule has 1 unspecified atom stereocenters. The molecular weight excluding hydrogens is 1250 g/mol. The number of carbonyl (C=O) groups excluding carboxylic acids is 8. The van der Waals surface area contributed by atoms with Gasteiger partial charge in [0.15, 0.2) is 17.4 Å². The Morgan fingerprint density at radius 2 is 1.62 bits per heavy atom. The zero-order chi connectivity index (χ0) is 63.7. The maximum atomic E-state index is 13.9. The van der Waals surface area contributed by atoms with E-state index >= 15 is 0 Å². The quantitative estimate of drug-likeness (QED) is 0.0251. The molecule has 1 saturated carbocycles. The van der Waals surface area contributed by atoms with Crippen LogP contribution in [0, 0.1) is 11.8 Å². The Hall–Kier alpha value is -7.13. The average Bonchev–Trinajstić information content (AvgIpc) is 1.71. The number of nitrogens with zero attached hydrogens (tertiary/aromatic N) is 7. The second-order valence-corrected chi connectivity index (χ2v) is 27.6. The van der Waals surface area contributed by atoms with Crippen molar-refractivity contribution in [1.29, 1.82) is 0 Å². The van der Waals surface area contributed by atoms with Crippen LogP contribution in [-0.4, -0.2) is 173 Å². The molecule has 0 radical (unpaired) electrons. The number of benzene rings is 1. The minimum absolute atomic E-state index is 0.119. The van der Waals surface area contributed by atoms with Crippen LogP contribution < -0.4 is 36.9 Å². The summed E-state index contributed by atoms with van der Waals surface area (Å²) in [6.07, 6.45) is 0.816. The number of thiol groups is 2. The van der Waals surface area contributed by atoms with Crippen LogP contribution in [0.1, 0.15) is 83.9 Å². The van der Waals surface area contributed by atoms with Gasteiger partial charge in [-0.05, 0) is 62.6 Å². The van der Waals surface area contributed by atoms with Gasteiger partial charge in [-0.1, -0.05) is 56.9 Å². The lowest BCUT2D eigenvalue weighted by molar-refractivity contribution is -0.137. The Labute approximate surface area is 518 Å². The second-order valence-electron chi connectivity index (χ2n) is 21.9. The predicted octanol–water partition coefficient (Wildman–Crippen LogP) is 2.84. The topological polar surface area (TPSA) is 412 Å². The van der Waals surface area contributed by atoms with Gasteiger partial charge in [0.1, 0.15) is 62.0 Å². The van der Waals surface area contributed by atoms with Crippen molar-refractivity contribution in [3.8, 4) is 5.88 Å². The fourth-order valence-corrected chi connectivity index (χ4v) is 13.6. The average molecular weight is 1320 g/mol. The number of alkyl carbamates (subject to hydrolysis) is 1. The highest BCUT2D eigenvalue weighted by atomic mass is 32.7. The van der Waals surface area contributed by atoms with Crippen LogP contribution in [0.4, 0.5) is 16.4 Å². The molecule has 480 valence electrons. The summed E-state index contributed by atoms with van der Waals surface area (Å²) in [7, 11) is 0. The van der Waals surface area contributed by atoms with Gasteiger partial charge in [-0.25, -0.2) is 28.9 Å². The molecule has 36 heteroatoms. The summed E-state index contributed by atoms with van der Waals surface area (Å²) < 4.78 is 69.2. The third kappa shape index (κ3) is 17.2. The number of hydrogen-bond acceptors (Lipinski definition) is 23. The highest BCUT2D eigenvalue weighted by molar-refractivity contribution is 8.44. The summed E-state index contributed by atoms with van der Waals surface area (Å²) in [5.74, 6) is -4.55. The first-order valence-corrected chi connectivity index (χ1v) is 33.9. The summed E-state index contributed by atoms with van der Waals surface area (Å²) in [4.78, 5) is 137. The minimum Gasteiger partial charge on any atom is -0.474 e. The number of unbranched alkanes of at least 4 members (excludes halogenated alkanes) is 2. The second kappa shape index (κ2) is 29.2. The first-order chi connectivity index (χ1) is 42.4. The first kappa shape index (κ1) is 66.3. The number of fused-ring (bicyclic) bond motifs is 4. The molecule has 5 aliphatic rings. The lowest BCUT2D eigenvalue weighted by Gasteiger charge is -2.26. The number of aromatic amines is 1. The zero-order valence-electron chi connectivity index (χ0n) is 48.2. The van der Waals surface area contributed by atoms with Crippen molar-refractivity contribution < 1.29 is 84.9 Å². The van der Waals surface area contributed by atoms with E-state index in [-0.39, 0.29) is 98.6 Å². The molecule has 3 saturated heterocycles. The Balaban J connectivity index is 0.729. The van der Waals surface area contributed by atoms with E-state index in [4.69, 9.17) is 32.3 Å².